The normalized spacial score (nSPS) is 11.3. The Balaban J connectivity index is 2.43. The molecular formula is C15H18BrNO2. The quantitative estimate of drug-likeness (QED) is 0.792. The van der Waals surface area contributed by atoms with E-state index in [-0.39, 0.29) is 6.10 Å². The SMILES string of the molecule is CC(C)Oc1ccc(Br)cc1-c1cc(C(C)C)no1. The van der Waals surface area contributed by atoms with Gasteiger partial charge in [0.25, 0.3) is 0 Å². The molecule has 102 valence electrons. The van der Waals surface area contributed by atoms with Crippen LogP contribution in [0.25, 0.3) is 11.3 Å². The third kappa shape index (κ3) is 3.38. The minimum Gasteiger partial charge on any atom is -0.490 e. The Kier molecular flexibility index (Phi) is 4.30. The first-order chi connectivity index (χ1) is 8.97. The van der Waals surface area contributed by atoms with E-state index >= 15 is 0 Å². The van der Waals surface area contributed by atoms with E-state index in [4.69, 9.17) is 9.26 Å². The summed E-state index contributed by atoms with van der Waals surface area (Å²) in [6, 6.07) is 7.86. The van der Waals surface area contributed by atoms with Gasteiger partial charge in [-0.2, -0.15) is 0 Å². The van der Waals surface area contributed by atoms with E-state index in [1.165, 1.54) is 0 Å². The first-order valence-electron chi connectivity index (χ1n) is 6.40. The Morgan fingerprint density at radius 1 is 1.16 bits per heavy atom. The number of hydrogen-bond donors (Lipinski definition) is 0. The summed E-state index contributed by atoms with van der Waals surface area (Å²) < 4.78 is 12.2. The Labute approximate surface area is 122 Å². The van der Waals surface area contributed by atoms with Gasteiger partial charge in [0.2, 0.25) is 0 Å². The zero-order chi connectivity index (χ0) is 14.0. The molecule has 0 fully saturated rings. The second kappa shape index (κ2) is 5.78. The molecule has 0 amide bonds. The third-order valence-electron chi connectivity index (χ3n) is 2.69. The molecular weight excluding hydrogens is 306 g/mol. The van der Waals surface area contributed by atoms with Gasteiger partial charge in [-0.3, -0.25) is 0 Å². The summed E-state index contributed by atoms with van der Waals surface area (Å²) in [5.74, 6) is 1.89. The van der Waals surface area contributed by atoms with Crippen molar-refractivity contribution in [2.24, 2.45) is 0 Å². The van der Waals surface area contributed by atoms with E-state index in [9.17, 15) is 0 Å². The fourth-order valence-electron chi connectivity index (χ4n) is 1.74. The summed E-state index contributed by atoms with van der Waals surface area (Å²) in [7, 11) is 0. The summed E-state index contributed by atoms with van der Waals surface area (Å²) in [5.41, 5.74) is 1.87. The standard InChI is InChI=1S/C15H18BrNO2/c1-9(2)13-8-15(19-17-13)12-7-11(16)5-6-14(12)18-10(3)4/h5-10H,1-4H3. The number of halogens is 1. The summed E-state index contributed by atoms with van der Waals surface area (Å²) in [4.78, 5) is 0. The van der Waals surface area contributed by atoms with Crippen molar-refractivity contribution >= 4 is 15.9 Å². The van der Waals surface area contributed by atoms with Crippen LogP contribution in [-0.2, 0) is 0 Å². The monoisotopic (exact) mass is 323 g/mol. The summed E-state index contributed by atoms with van der Waals surface area (Å²) >= 11 is 3.48. The molecule has 19 heavy (non-hydrogen) atoms. The molecule has 1 heterocycles. The number of ether oxygens (including phenoxy) is 1. The van der Waals surface area contributed by atoms with Gasteiger partial charge in [0.1, 0.15) is 5.75 Å². The molecule has 0 atom stereocenters. The predicted octanol–water partition coefficient (Wildman–Crippen LogP) is 5.01. The van der Waals surface area contributed by atoms with Crippen LogP contribution >= 0.6 is 15.9 Å². The van der Waals surface area contributed by atoms with E-state index in [2.05, 4.69) is 34.9 Å². The molecule has 0 N–H and O–H groups in total. The lowest BCUT2D eigenvalue weighted by atomic mass is 10.1. The molecule has 1 aromatic heterocycles. The molecule has 0 aliphatic rings. The Morgan fingerprint density at radius 2 is 1.89 bits per heavy atom. The first kappa shape index (κ1) is 14.1. The Hall–Kier alpha value is -1.29. The maximum absolute atomic E-state index is 5.82. The maximum atomic E-state index is 5.82. The van der Waals surface area contributed by atoms with Crippen LogP contribution in [-0.4, -0.2) is 11.3 Å². The van der Waals surface area contributed by atoms with Gasteiger partial charge in [0.05, 0.1) is 17.4 Å². The van der Waals surface area contributed by atoms with Gasteiger partial charge in [-0.15, -0.1) is 0 Å². The van der Waals surface area contributed by atoms with E-state index < -0.39 is 0 Å². The van der Waals surface area contributed by atoms with Crippen molar-refractivity contribution in [3.05, 3.63) is 34.4 Å². The molecule has 0 unspecified atom stereocenters. The predicted molar refractivity (Wildman–Crippen MR) is 79.5 cm³/mol. The van der Waals surface area contributed by atoms with Gasteiger partial charge in [-0.05, 0) is 38.0 Å². The number of nitrogens with zero attached hydrogens (tertiary/aromatic N) is 1. The van der Waals surface area contributed by atoms with Crippen LogP contribution in [0.2, 0.25) is 0 Å². The molecule has 2 aromatic rings. The second-order valence-corrected chi connectivity index (χ2v) is 5.99. The van der Waals surface area contributed by atoms with Crippen LogP contribution in [0.5, 0.6) is 5.75 Å². The van der Waals surface area contributed by atoms with Crippen LogP contribution in [0, 0.1) is 0 Å². The van der Waals surface area contributed by atoms with E-state index in [0.717, 1.165) is 27.2 Å². The van der Waals surface area contributed by atoms with E-state index in [0.29, 0.717) is 5.92 Å². The number of hydrogen-bond acceptors (Lipinski definition) is 3. The van der Waals surface area contributed by atoms with Crippen molar-refractivity contribution in [1.82, 2.24) is 5.16 Å². The molecule has 2 rings (SSSR count). The lowest BCUT2D eigenvalue weighted by Gasteiger charge is -2.13. The van der Waals surface area contributed by atoms with E-state index in [1.807, 2.05) is 38.1 Å². The highest BCUT2D eigenvalue weighted by Gasteiger charge is 2.15. The first-order valence-corrected chi connectivity index (χ1v) is 7.20. The highest BCUT2D eigenvalue weighted by molar-refractivity contribution is 9.10. The van der Waals surface area contributed by atoms with Crippen LogP contribution in [0.1, 0.15) is 39.3 Å². The fraction of sp³-hybridized carbons (Fsp3) is 0.400. The highest BCUT2D eigenvalue weighted by Crippen LogP contribution is 2.34. The van der Waals surface area contributed by atoms with Gasteiger partial charge in [0, 0.05) is 10.5 Å². The van der Waals surface area contributed by atoms with Gasteiger partial charge >= 0.3 is 0 Å². The molecule has 0 saturated carbocycles. The lowest BCUT2D eigenvalue weighted by molar-refractivity contribution is 0.242. The van der Waals surface area contributed by atoms with Crippen molar-refractivity contribution in [3.63, 3.8) is 0 Å². The Bertz CT molecular complexity index is 561. The van der Waals surface area contributed by atoms with Gasteiger partial charge < -0.3 is 9.26 Å². The Morgan fingerprint density at radius 3 is 2.47 bits per heavy atom. The van der Waals surface area contributed by atoms with Crippen molar-refractivity contribution in [3.8, 4) is 17.1 Å². The van der Waals surface area contributed by atoms with Crippen molar-refractivity contribution in [1.29, 1.82) is 0 Å². The smallest absolute Gasteiger partial charge is 0.170 e. The third-order valence-corrected chi connectivity index (χ3v) is 3.18. The van der Waals surface area contributed by atoms with Gasteiger partial charge in [0.15, 0.2) is 5.76 Å². The second-order valence-electron chi connectivity index (χ2n) is 5.08. The molecule has 0 radical (unpaired) electrons. The van der Waals surface area contributed by atoms with Crippen molar-refractivity contribution in [2.45, 2.75) is 39.7 Å². The van der Waals surface area contributed by atoms with Crippen LogP contribution in [0.4, 0.5) is 0 Å². The van der Waals surface area contributed by atoms with Gasteiger partial charge in [-0.25, -0.2) is 0 Å². The molecule has 0 bridgehead atoms. The highest BCUT2D eigenvalue weighted by atomic mass is 79.9. The summed E-state index contributed by atoms with van der Waals surface area (Å²) in [6.45, 7) is 8.19. The molecule has 0 spiro atoms. The number of rotatable bonds is 4. The molecule has 3 nitrogen and oxygen atoms in total. The fourth-order valence-corrected chi connectivity index (χ4v) is 2.10. The van der Waals surface area contributed by atoms with Crippen LogP contribution in [0.3, 0.4) is 0 Å². The minimum absolute atomic E-state index is 0.118. The van der Waals surface area contributed by atoms with Crippen LogP contribution in [0.15, 0.2) is 33.3 Å². The minimum atomic E-state index is 0.118. The van der Waals surface area contributed by atoms with Gasteiger partial charge in [-0.1, -0.05) is 34.9 Å². The summed E-state index contributed by atoms with van der Waals surface area (Å²) in [5, 5.41) is 4.10. The van der Waals surface area contributed by atoms with Crippen LogP contribution < -0.4 is 4.74 Å². The van der Waals surface area contributed by atoms with E-state index in [1.54, 1.807) is 0 Å². The molecule has 4 heteroatoms. The molecule has 0 aliphatic carbocycles. The molecule has 1 aromatic carbocycles. The number of benzene rings is 1. The van der Waals surface area contributed by atoms with Crippen molar-refractivity contribution in [2.75, 3.05) is 0 Å². The number of aromatic nitrogens is 1. The average molecular weight is 324 g/mol. The molecule has 0 saturated heterocycles. The topological polar surface area (TPSA) is 35.3 Å². The zero-order valence-corrected chi connectivity index (χ0v) is 13.2. The zero-order valence-electron chi connectivity index (χ0n) is 11.6. The lowest BCUT2D eigenvalue weighted by Crippen LogP contribution is -2.06. The summed E-state index contributed by atoms with van der Waals surface area (Å²) in [6.07, 6.45) is 0.118. The molecule has 0 aliphatic heterocycles. The maximum Gasteiger partial charge on any atom is 0.170 e. The average Bonchev–Trinajstić information content (AvgIpc) is 2.80. The largest absolute Gasteiger partial charge is 0.490 e. The van der Waals surface area contributed by atoms with Crippen molar-refractivity contribution < 1.29 is 9.26 Å².